The average molecular weight is 394 g/mol. The predicted octanol–water partition coefficient (Wildman–Crippen LogP) is 5.42. The van der Waals surface area contributed by atoms with Crippen LogP contribution in [0, 0.1) is 0 Å². The second kappa shape index (κ2) is 9.10. The first-order valence-electron chi connectivity index (χ1n) is 8.98. The summed E-state index contributed by atoms with van der Waals surface area (Å²) in [5.74, 6) is 0. The van der Waals surface area contributed by atoms with E-state index in [0.29, 0.717) is 39.0 Å². The Hall–Kier alpha value is -1.54. The number of hydrogen-bond donors (Lipinski definition) is 1. The smallest absolute Gasteiger partial charge is 0.314 e. The summed E-state index contributed by atoms with van der Waals surface area (Å²) in [5.41, 5.74) is -2.54. The van der Waals surface area contributed by atoms with Gasteiger partial charge in [-0.3, -0.25) is 4.90 Å². The summed E-state index contributed by atoms with van der Waals surface area (Å²) in [6.45, 7) is 6.04. The van der Waals surface area contributed by atoms with E-state index in [1.807, 2.05) is 4.90 Å². The molecule has 2 nitrogen and oxygen atoms in total. The van der Waals surface area contributed by atoms with Crippen molar-refractivity contribution in [3.8, 4) is 0 Å². The van der Waals surface area contributed by atoms with Crippen LogP contribution >= 0.6 is 0 Å². The number of nitrogens with one attached hydrogen (secondary N) is 1. The first kappa shape index (κ1) is 21.8. The Morgan fingerprint density at radius 2 is 1.70 bits per heavy atom. The Kier molecular flexibility index (Phi) is 7.33. The van der Waals surface area contributed by atoms with E-state index in [0.717, 1.165) is 25.0 Å². The third kappa shape index (κ3) is 5.97. The molecular weight excluding hydrogens is 370 g/mol. The molecule has 0 saturated carbocycles. The van der Waals surface area contributed by atoms with Crippen molar-refractivity contribution in [3.63, 3.8) is 0 Å². The molecule has 1 atom stereocenters. The Labute approximate surface area is 155 Å². The standard InChI is InChI=1S/C19H24F6N2/c1-2-3-4-5-6-17(27-11-9-26-10-12-27)15-8-7-14(18(20,21)22)13-16(15)19(23,24)25/h2,7-8,13,17,26H,1,3-6,9-12H2/t17-/m0/s1. The van der Waals surface area contributed by atoms with Crippen molar-refractivity contribution in [3.05, 3.63) is 47.5 Å². The molecule has 27 heavy (non-hydrogen) atoms. The van der Waals surface area contributed by atoms with Gasteiger partial charge in [0.05, 0.1) is 11.1 Å². The van der Waals surface area contributed by atoms with Crippen molar-refractivity contribution >= 4 is 0 Å². The number of rotatable bonds is 7. The van der Waals surface area contributed by atoms with E-state index in [1.165, 1.54) is 0 Å². The molecule has 0 radical (unpaired) electrons. The topological polar surface area (TPSA) is 15.3 Å². The minimum Gasteiger partial charge on any atom is -0.314 e. The van der Waals surface area contributed by atoms with Gasteiger partial charge in [0.1, 0.15) is 0 Å². The molecule has 0 unspecified atom stereocenters. The zero-order valence-electron chi connectivity index (χ0n) is 15.0. The molecule has 0 spiro atoms. The number of hydrogen-bond acceptors (Lipinski definition) is 2. The minimum absolute atomic E-state index is 0.0731. The largest absolute Gasteiger partial charge is 0.416 e. The Balaban J connectivity index is 2.40. The number of allylic oxidation sites excluding steroid dienone is 1. The van der Waals surface area contributed by atoms with E-state index in [-0.39, 0.29) is 11.6 Å². The zero-order chi connectivity index (χ0) is 20.1. The maximum absolute atomic E-state index is 13.6. The number of halogens is 6. The predicted molar refractivity (Wildman–Crippen MR) is 92.3 cm³/mol. The summed E-state index contributed by atoms with van der Waals surface area (Å²) >= 11 is 0. The summed E-state index contributed by atoms with van der Waals surface area (Å²) in [7, 11) is 0. The average Bonchev–Trinajstić information content (AvgIpc) is 2.61. The number of benzene rings is 1. The molecule has 1 aromatic rings. The summed E-state index contributed by atoms with van der Waals surface area (Å²) in [4.78, 5) is 1.93. The lowest BCUT2D eigenvalue weighted by Crippen LogP contribution is -2.45. The van der Waals surface area contributed by atoms with Crippen molar-refractivity contribution < 1.29 is 26.3 Å². The van der Waals surface area contributed by atoms with Crippen molar-refractivity contribution in [1.29, 1.82) is 0 Å². The van der Waals surface area contributed by atoms with E-state index in [9.17, 15) is 26.3 Å². The van der Waals surface area contributed by atoms with Crippen LogP contribution in [0.5, 0.6) is 0 Å². The lowest BCUT2D eigenvalue weighted by Gasteiger charge is -2.36. The molecule has 0 aromatic heterocycles. The Bertz CT molecular complexity index is 618. The van der Waals surface area contributed by atoms with Crippen LogP contribution in [0.15, 0.2) is 30.9 Å². The van der Waals surface area contributed by atoms with E-state index < -0.39 is 29.5 Å². The van der Waals surface area contributed by atoms with Gasteiger partial charge in [-0.1, -0.05) is 18.6 Å². The van der Waals surface area contributed by atoms with Gasteiger partial charge in [-0.25, -0.2) is 0 Å². The zero-order valence-corrected chi connectivity index (χ0v) is 15.0. The highest BCUT2D eigenvalue weighted by atomic mass is 19.4. The molecule has 0 bridgehead atoms. The van der Waals surface area contributed by atoms with Gasteiger partial charge in [-0.2, -0.15) is 26.3 Å². The highest BCUT2D eigenvalue weighted by molar-refractivity contribution is 5.37. The summed E-state index contributed by atoms with van der Waals surface area (Å²) < 4.78 is 79.5. The summed E-state index contributed by atoms with van der Waals surface area (Å²) in [6, 6.07) is 1.44. The van der Waals surface area contributed by atoms with Gasteiger partial charge < -0.3 is 5.32 Å². The summed E-state index contributed by atoms with van der Waals surface area (Å²) in [6.07, 6.45) is -5.22. The van der Waals surface area contributed by atoms with Crippen LogP contribution in [-0.2, 0) is 12.4 Å². The number of piperazine rings is 1. The maximum Gasteiger partial charge on any atom is 0.416 e. The highest BCUT2D eigenvalue weighted by Gasteiger charge is 2.40. The van der Waals surface area contributed by atoms with Gasteiger partial charge in [0.25, 0.3) is 0 Å². The molecule has 152 valence electrons. The normalized spacial score (nSPS) is 17.7. The lowest BCUT2D eigenvalue weighted by atomic mass is 9.92. The SMILES string of the molecule is C=CCCCC[C@@H](c1ccc(C(F)(F)F)cc1C(F)(F)F)N1CCNCC1. The Morgan fingerprint density at radius 3 is 2.26 bits per heavy atom. The van der Waals surface area contributed by atoms with Crippen LogP contribution < -0.4 is 5.32 Å². The maximum atomic E-state index is 13.6. The van der Waals surface area contributed by atoms with Crippen LogP contribution in [0.4, 0.5) is 26.3 Å². The molecule has 1 aliphatic rings. The van der Waals surface area contributed by atoms with Crippen LogP contribution in [-0.4, -0.2) is 31.1 Å². The third-order valence-electron chi connectivity index (χ3n) is 4.77. The molecule has 1 aromatic carbocycles. The third-order valence-corrected chi connectivity index (χ3v) is 4.77. The van der Waals surface area contributed by atoms with E-state index >= 15 is 0 Å². The van der Waals surface area contributed by atoms with Gasteiger partial charge in [0.2, 0.25) is 0 Å². The van der Waals surface area contributed by atoms with Crippen molar-refractivity contribution in [2.45, 2.75) is 44.1 Å². The second-order valence-electron chi connectivity index (χ2n) is 6.67. The fourth-order valence-corrected chi connectivity index (χ4v) is 3.42. The van der Waals surface area contributed by atoms with Gasteiger partial charge in [0.15, 0.2) is 0 Å². The van der Waals surface area contributed by atoms with E-state index in [1.54, 1.807) is 6.08 Å². The summed E-state index contributed by atoms with van der Waals surface area (Å²) in [5, 5.41) is 3.15. The number of nitrogens with zero attached hydrogens (tertiary/aromatic N) is 1. The van der Waals surface area contributed by atoms with Crippen LogP contribution in [0.2, 0.25) is 0 Å². The lowest BCUT2D eigenvalue weighted by molar-refractivity contribution is -0.143. The van der Waals surface area contributed by atoms with E-state index in [2.05, 4.69) is 11.9 Å². The van der Waals surface area contributed by atoms with Crippen LogP contribution in [0.1, 0.15) is 48.4 Å². The van der Waals surface area contributed by atoms with Gasteiger partial charge in [0, 0.05) is 32.2 Å². The van der Waals surface area contributed by atoms with Crippen molar-refractivity contribution in [2.75, 3.05) is 26.2 Å². The molecule has 1 heterocycles. The van der Waals surface area contributed by atoms with Gasteiger partial charge >= 0.3 is 12.4 Å². The highest BCUT2D eigenvalue weighted by Crippen LogP contribution is 2.41. The van der Waals surface area contributed by atoms with Gasteiger partial charge in [-0.05, 0) is 37.0 Å². The quantitative estimate of drug-likeness (QED) is 0.378. The Morgan fingerprint density at radius 1 is 1.04 bits per heavy atom. The van der Waals surface area contributed by atoms with Gasteiger partial charge in [-0.15, -0.1) is 6.58 Å². The molecular formula is C19H24F6N2. The van der Waals surface area contributed by atoms with Crippen LogP contribution in [0.3, 0.4) is 0 Å². The molecule has 0 amide bonds. The molecule has 1 aliphatic heterocycles. The molecule has 8 heteroatoms. The van der Waals surface area contributed by atoms with Crippen LogP contribution in [0.25, 0.3) is 0 Å². The molecule has 1 N–H and O–H groups in total. The fourth-order valence-electron chi connectivity index (χ4n) is 3.42. The monoisotopic (exact) mass is 394 g/mol. The molecule has 0 aliphatic carbocycles. The number of unbranched alkanes of at least 4 members (excludes halogenated alkanes) is 2. The molecule has 2 rings (SSSR count). The molecule has 1 saturated heterocycles. The van der Waals surface area contributed by atoms with Crippen molar-refractivity contribution in [2.24, 2.45) is 0 Å². The number of alkyl halides is 6. The van der Waals surface area contributed by atoms with Crippen molar-refractivity contribution in [1.82, 2.24) is 10.2 Å². The molecule has 1 fully saturated rings. The fraction of sp³-hybridized carbons (Fsp3) is 0.579. The van der Waals surface area contributed by atoms with E-state index in [4.69, 9.17) is 0 Å². The minimum atomic E-state index is -4.84. The second-order valence-corrected chi connectivity index (χ2v) is 6.67. The first-order valence-corrected chi connectivity index (χ1v) is 8.98. The first-order chi connectivity index (χ1) is 12.6.